The summed E-state index contributed by atoms with van der Waals surface area (Å²) in [5.41, 5.74) is 1.26. The van der Waals surface area contributed by atoms with Crippen molar-refractivity contribution >= 4 is 22.6 Å². The number of likely N-dealkylation sites (N-methyl/N-ethyl adjacent to an activating group) is 1. The quantitative estimate of drug-likeness (QED) is 0.514. The van der Waals surface area contributed by atoms with E-state index in [4.69, 9.17) is 9.47 Å². The number of piperazine rings is 1. The van der Waals surface area contributed by atoms with Gasteiger partial charge >= 0.3 is 0 Å². The van der Waals surface area contributed by atoms with Crippen LogP contribution in [0, 0.1) is 10.5 Å². The molecule has 0 N–H and O–H groups in total. The highest BCUT2D eigenvalue weighted by Crippen LogP contribution is 2.21. The Morgan fingerprint density at radius 3 is 2.57 bits per heavy atom. The first-order valence-electron chi connectivity index (χ1n) is 7.53. The van der Waals surface area contributed by atoms with Crippen LogP contribution in [-0.4, -0.2) is 69.4 Å². The Kier molecular flexibility index (Phi) is 7.22. The maximum absolute atomic E-state index is 5.75. The van der Waals surface area contributed by atoms with Crippen LogP contribution in [0.4, 0.5) is 0 Å². The van der Waals surface area contributed by atoms with Gasteiger partial charge in [0.25, 0.3) is 0 Å². The topological polar surface area (TPSA) is 24.9 Å². The van der Waals surface area contributed by atoms with E-state index in [0.29, 0.717) is 13.2 Å². The molecule has 0 unspecified atom stereocenters. The summed E-state index contributed by atoms with van der Waals surface area (Å²) in [6, 6.07) is 6.23. The van der Waals surface area contributed by atoms with Crippen molar-refractivity contribution in [1.29, 1.82) is 0 Å². The highest BCUT2D eigenvalue weighted by molar-refractivity contribution is 14.1. The number of ether oxygens (including phenoxy) is 2. The van der Waals surface area contributed by atoms with Gasteiger partial charge in [0.05, 0.1) is 16.8 Å². The zero-order valence-corrected chi connectivity index (χ0v) is 15.1. The summed E-state index contributed by atoms with van der Waals surface area (Å²) in [5.74, 6) is 0.948. The Balaban J connectivity index is 1.54. The van der Waals surface area contributed by atoms with E-state index >= 15 is 0 Å². The summed E-state index contributed by atoms with van der Waals surface area (Å²) < 4.78 is 12.6. The van der Waals surface area contributed by atoms with Gasteiger partial charge in [-0.25, -0.2) is 0 Å². The molecule has 1 fully saturated rings. The van der Waals surface area contributed by atoms with Gasteiger partial charge in [0.2, 0.25) is 0 Å². The van der Waals surface area contributed by atoms with Gasteiger partial charge in [-0.1, -0.05) is 6.07 Å². The lowest BCUT2D eigenvalue weighted by Crippen LogP contribution is -2.45. The van der Waals surface area contributed by atoms with E-state index in [1.165, 1.54) is 5.56 Å². The molecule has 0 bridgehead atoms. The third-order valence-electron chi connectivity index (χ3n) is 3.72. The van der Waals surface area contributed by atoms with Crippen molar-refractivity contribution < 1.29 is 9.47 Å². The second-order valence-electron chi connectivity index (χ2n) is 5.54. The van der Waals surface area contributed by atoms with E-state index in [0.717, 1.165) is 48.7 Å². The van der Waals surface area contributed by atoms with Crippen molar-refractivity contribution in [2.75, 3.05) is 59.6 Å². The molecule has 1 aromatic rings. The molecule has 0 spiro atoms. The molecule has 1 heterocycles. The summed E-state index contributed by atoms with van der Waals surface area (Å²) in [7, 11) is 2.18. The fraction of sp³-hybridized carbons (Fsp3) is 0.625. The van der Waals surface area contributed by atoms with Gasteiger partial charge in [-0.2, -0.15) is 0 Å². The lowest BCUT2D eigenvalue weighted by atomic mass is 10.2. The first kappa shape index (κ1) is 17.0. The summed E-state index contributed by atoms with van der Waals surface area (Å²) >= 11 is 2.31. The zero-order valence-electron chi connectivity index (χ0n) is 13.0. The molecule has 0 aromatic heterocycles. The molecular formula is C16H25IN2O2. The molecule has 0 atom stereocenters. The van der Waals surface area contributed by atoms with E-state index < -0.39 is 0 Å². The van der Waals surface area contributed by atoms with E-state index in [2.05, 4.69) is 58.5 Å². The van der Waals surface area contributed by atoms with Crippen molar-refractivity contribution in [2.24, 2.45) is 0 Å². The maximum atomic E-state index is 5.75. The number of hydrogen-bond acceptors (Lipinski definition) is 4. The number of nitrogens with zero attached hydrogens (tertiary/aromatic N) is 2. The summed E-state index contributed by atoms with van der Waals surface area (Å²) in [5, 5.41) is 0. The average Bonchev–Trinajstić information content (AvgIpc) is 2.46. The predicted octanol–water partition coefficient (Wildman–Crippen LogP) is 2.24. The largest absolute Gasteiger partial charge is 0.490 e. The highest BCUT2D eigenvalue weighted by Gasteiger charge is 2.12. The fourth-order valence-electron chi connectivity index (χ4n) is 2.30. The van der Waals surface area contributed by atoms with Crippen LogP contribution in [0.1, 0.15) is 5.56 Å². The lowest BCUT2D eigenvalue weighted by molar-refractivity contribution is 0.0656. The second-order valence-corrected chi connectivity index (χ2v) is 6.70. The Labute approximate surface area is 141 Å². The third kappa shape index (κ3) is 6.10. The number of benzene rings is 1. The Morgan fingerprint density at radius 1 is 1.10 bits per heavy atom. The molecule has 21 heavy (non-hydrogen) atoms. The third-order valence-corrected chi connectivity index (χ3v) is 4.56. The van der Waals surface area contributed by atoms with E-state index in [1.807, 2.05) is 6.07 Å². The summed E-state index contributed by atoms with van der Waals surface area (Å²) in [6.45, 7) is 9.79. The smallest absolute Gasteiger partial charge is 0.132 e. The van der Waals surface area contributed by atoms with Crippen LogP contribution >= 0.6 is 22.6 Å². The van der Waals surface area contributed by atoms with Crippen LogP contribution in [-0.2, 0) is 4.74 Å². The molecule has 0 aliphatic carbocycles. The molecule has 0 amide bonds. The Morgan fingerprint density at radius 2 is 1.86 bits per heavy atom. The monoisotopic (exact) mass is 404 g/mol. The van der Waals surface area contributed by atoms with E-state index in [-0.39, 0.29) is 0 Å². The average molecular weight is 404 g/mol. The van der Waals surface area contributed by atoms with Gasteiger partial charge in [0, 0.05) is 32.7 Å². The van der Waals surface area contributed by atoms with Crippen molar-refractivity contribution in [2.45, 2.75) is 6.92 Å². The minimum Gasteiger partial charge on any atom is -0.490 e. The van der Waals surface area contributed by atoms with E-state index in [9.17, 15) is 0 Å². The van der Waals surface area contributed by atoms with Crippen LogP contribution in [0.25, 0.3) is 0 Å². The standard InChI is InChI=1S/C16H25IN2O2/c1-14-3-4-16(15(17)13-14)21-12-11-20-10-9-19-7-5-18(2)6-8-19/h3-4,13H,5-12H2,1-2H3. The predicted molar refractivity (Wildman–Crippen MR) is 94.1 cm³/mol. The molecule has 1 aliphatic heterocycles. The van der Waals surface area contributed by atoms with E-state index in [1.54, 1.807) is 0 Å². The Hall–Kier alpha value is -0.370. The molecule has 2 rings (SSSR count). The first-order valence-corrected chi connectivity index (χ1v) is 8.60. The Bertz CT molecular complexity index is 434. The summed E-state index contributed by atoms with van der Waals surface area (Å²) in [6.07, 6.45) is 0. The number of halogens is 1. The zero-order chi connectivity index (χ0) is 15.1. The molecule has 1 saturated heterocycles. The van der Waals surface area contributed by atoms with Gasteiger partial charge in [0.15, 0.2) is 0 Å². The molecular weight excluding hydrogens is 379 g/mol. The SMILES string of the molecule is Cc1ccc(OCCOCCN2CCN(C)CC2)c(I)c1. The number of aryl methyl sites for hydroxylation is 1. The van der Waals surface area contributed by atoms with Crippen molar-refractivity contribution in [3.63, 3.8) is 0 Å². The highest BCUT2D eigenvalue weighted by atomic mass is 127. The molecule has 1 aromatic carbocycles. The van der Waals surface area contributed by atoms with Gasteiger partial charge in [-0.3, -0.25) is 4.90 Å². The van der Waals surface area contributed by atoms with Crippen LogP contribution in [0.15, 0.2) is 18.2 Å². The lowest BCUT2D eigenvalue weighted by Gasteiger charge is -2.32. The van der Waals surface area contributed by atoms with Crippen LogP contribution in [0.3, 0.4) is 0 Å². The molecule has 1 aliphatic rings. The van der Waals surface area contributed by atoms with Gasteiger partial charge < -0.3 is 14.4 Å². The van der Waals surface area contributed by atoms with Crippen LogP contribution in [0.2, 0.25) is 0 Å². The second kappa shape index (κ2) is 8.92. The molecule has 0 radical (unpaired) electrons. The van der Waals surface area contributed by atoms with Crippen LogP contribution < -0.4 is 4.74 Å². The van der Waals surface area contributed by atoms with Crippen molar-refractivity contribution in [1.82, 2.24) is 9.80 Å². The normalized spacial score (nSPS) is 17.1. The van der Waals surface area contributed by atoms with Gasteiger partial charge in [-0.15, -0.1) is 0 Å². The van der Waals surface area contributed by atoms with Gasteiger partial charge in [0.1, 0.15) is 12.4 Å². The molecule has 118 valence electrons. The maximum Gasteiger partial charge on any atom is 0.132 e. The molecule has 0 saturated carbocycles. The van der Waals surface area contributed by atoms with Crippen LogP contribution in [0.5, 0.6) is 5.75 Å². The van der Waals surface area contributed by atoms with Crippen molar-refractivity contribution in [3.05, 3.63) is 27.3 Å². The van der Waals surface area contributed by atoms with Gasteiger partial charge in [-0.05, 0) is 54.3 Å². The van der Waals surface area contributed by atoms with Crippen molar-refractivity contribution in [3.8, 4) is 5.75 Å². The summed E-state index contributed by atoms with van der Waals surface area (Å²) in [4.78, 5) is 4.83. The minimum atomic E-state index is 0.613. The molecule has 4 nitrogen and oxygen atoms in total. The first-order chi connectivity index (χ1) is 10.1. The number of hydrogen-bond donors (Lipinski definition) is 0. The minimum absolute atomic E-state index is 0.613. The number of rotatable bonds is 7. The fourth-order valence-corrected chi connectivity index (χ4v) is 3.13. The molecule has 5 heteroatoms.